The van der Waals surface area contributed by atoms with Crippen molar-refractivity contribution < 1.29 is 134 Å². The summed E-state index contributed by atoms with van der Waals surface area (Å²) in [7, 11) is -5.08. The number of phosphoric acid groups is 1. The molecular formula is C22H28K2N5O6P. The number of nitrogens with zero attached hydrogens (tertiary/aromatic N) is 2. The quantitative estimate of drug-likeness (QED) is 0.163. The van der Waals surface area contributed by atoms with E-state index in [0.717, 1.165) is 22.5 Å². The molecular weight excluding hydrogens is 539 g/mol. The first kappa shape index (κ1) is 30.9. The Balaban J connectivity index is 0.00000180. The summed E-state index contributed by atoms with van der Waals surface area (Å²) in [4.78, 5) is 32.0. The molecule has 11 nitrogen and oxygen atoms in total. The van der Waals surface area contributed by atoms with Crippen molar-refractivity contribution >= 4 is 31.1 Å². The molecule has 0 aromatic heterocycles. The van der Waals surface area contributed by atoms with Crippen LogP contribution in [0.2, 0.25) is 0 Å². The summed E-state index contributed by atoms with van der Waals surface area (Å²) < 4.78 is 21.9. The van der Waals surface area contributed by atoms with Gasteiger partial charge < -0.3 is 22.7 Å². The molecule has 2 bridgehead atoms. The predicted octanol–water partition coefficient (Wildman–Crippen LogP) is -3.08. The third-order valence-electron chi connectivity index (χ3n) is 6.54. The van der Waals surface area contributed by atoms with Gasteiger partial charge in [-0.05, 0) is 62.6 Å². The first-order chi connectivity index (χ1) is 16.0. The van der Waals surface area contributed by atoms with Crippen LogP contribution in [0.5, 0.6) is 5.75 Å². The maximum absolute atomic E-state index is 11.7. The van der Waals surface area contributed by atoms with Crippen molar-refractivity contribution in [2.45, 2.75) is 33.7 Å². The van der Waals surface area contributed by atoms with E-state index >= 15 is 0 Å². The number of anilines is 2. The zero-order valence-electron chi connectivity index (χ0n) is 23.2. The summed E-state index contributed by atoms with van der Waals surface area (Å²) in [6.45, 7) is 7.68. The standard InChI is InChI=1S/C22H26N5O6P.2K.2H/c1-13-7-17(8-14(2)16(13)4)25-22-24-10-15(3)21(26-33-22)27(22,12-32-34(28,29)30)18-5-6-20-19(9-18)23-11-31-20;;;;/h5-10,23,25-26H,11-12H2,1-4H3,(H-,28,29,30);;;;/q;2*+1;2*-1. The zero-order chi connectivity index (χ0) is 24.3. The number of hydrogen-bond acceptors (Lipinski definition) is 9. The molecule has 0 saturated carbocycles. The molecule has 1 saturated heterocycles. The number of rotatable bonds is 6. The zero-order valence-corrected chi connectivity index (χ0v) is 28.3. The third-order valence-corrected chi connectivity index (χ3v) is 6.98. The first-order valence-electron chi connectivity index (χ1n) is 10.7. The fourth-order valence-electron chi connectivity index (χ4n) is 4.53. The number of hydrogen-bond donors (Lipinski definition) is 4. The molecule has 4 N–H and O–H groups in total. The van der Waals surface area contributed by atoms with Crippen molar-refractivity contribution in [1.29, 1.82) is 0 Å². The summed E-state index contributed by atoms with van der Waals surface area (Å²) in [5.74, 6) is -0.402. The molecule has 0 amide bonds. The molecule has 2 aromatic carbocycles. The molecule has 14 heteroatoms. The monoisotopic (exact) mass is 567 g/mol. The van der Waals surface area contributed by atoms with Crippen molar-refractivity contribution in [1.82, 2.24) is 9.96 Å². The van der Waals surface area contributed by atoms with Crippen molar-refractivity contribution in [3.63, 3.8) is 0 Å². The van der Waals surface area contributed by atoms with Crippen LogP contribution in [-0.4, -0.2) is 30.5 Å². The number of aliphatic imine (C=N–C) groups is 1. The van der Waals surface area contributed by atoms with Gasteiger partial charge in [0.05, 0.1) is 5.69 Å². The van der Waals surface area contributed by atoms with Crippen LogP contribution in [0.25, 0.3) is 0 Å². The van der Waals surface area contributed by atoms with Gasteiger partial charge in [-0.15, -0.1) is 0 Å². The number of fused-ring (bicyclic) bond motifs is 3. The summed E-state index contributed by atoms with van der Waals surface area (Å²) in [6, 6.07) is 9.33. The maximum Gasteiger partial charge on any atom is 1.00 e. The van der Waals surface area contributed by atoms with Crippen LogP contribution < -0.4 is 133 Å². The Morgan fingerprint density at radius 3 is 2.61 bits per heavy atom. The molecule has 0 radical (unpaired) electrons. The molecule has 3 aliphatic heterocycles. The molecule has 3 heterocycles. The Morgan fingerprint density at radius 2 is 1.94 bits per heavy atom. The van der Waals surface area contributed by atoms with Crippen molar-refractivity contribution in [3.8, 4) is 5.75 Å². The van der Waals surface area contributed by atoms with Gasteiger partial charge in [0.15, 0.2) is 6.73 Å². The van der Waals surface area contributed by atoms with Gasteiger partial charge in [0, 0.05) is 29.6 Å². The Labute approximate surface area is 297 Å². The molecule has 184 valence electrons. The normalized spacial score (nSPS) is 24.9. The molecule has 5 rings (SSSR count). The number of phosphoric ester groups is 1. The predicted molar refractivity (Wildman–Crippen MR) is 128 cm³/mol. The van der Waals surface area contributed by atoms with Gasteiger partial charge in [0.2, 0.25) is 12.6 Å². The van der Waals surface area contributed by atoms with E-state index in [1.807, 2.05) is 45.9 Å². The van der Waals surface area contributed by atoms with Crippen LogP contribution in [0.15, 0.2) is 46.7 Å². The van der Waals surface area contributed by atoms with Crippen molar-refractivity contribution in [3.05, 3.63) is 58.4 Å². The van der Waals surface area contributed by atoms with Crippen LogP contribution in [0.4, 0.5) is 17.1 Å². The second kappa shape index (κ2) is 11.5. The smallest absolute Gasteiger partial charge is 1.00 e. The maximum atomic E-state index is 11.7. The van der Waals surface area contributed by atoms with E-state index in [1.165, 1.54) is 5.56 Å². The molecule has 2 aromatic rings. The molecule has 3 unspecified atom stereocenters. The van der Waals surface area contributed by atoms with Crippen molar-refractivity contribution in [2.75, 3.05) is 24.1 Å². The number of benzene rings is 2. The van der Waals surface area contributed by atoms with E-state index in [4.69, 9.17) is 19.1 Å². The average Bonchev–Trinajstić information content (AvgIpc) is 3.32. The number of hydroxylamine groups is 1. The number of nitrogens with one attached hydrogen (secondary N) is 3. The summed E-state index contributed by atoms with van der Waals surface area (Å²) in [5.41, 5.74) is 8.99. The van der Waals surface area contributed by atoms with Gasteiger partial charge in [0.1, 0.15) is 11.4 Å². The van der Waals surface area contributed by atoms with Crippen molar-refractivity contribution in [2.24, 2.45) is 4.99 Å². The molecule has 3 atom stereocenters. The van der Waals surface area contributed by atoms with Gasteiger partial charge >= 0.3 is 109 Å². The Kier molecular flexibility index (Phi) is 9.83. The molecule has 3 aliphatic rings. The fourth-order valence-corrected chi connectivity index (χ4v) is 4.85. The van der Waals surface area contributed by atoms with Gasteiger partial charge in [-0.25, -0.2) is 5.48 Å². The van der Waals surface area contributed by atoms with Crippen LogP contribution in [-0.2, 0) is 13.9 Å². The van der Waals surface area contributed by atoms with Crippen LogP contribution >= 0.6 is 7.82 Å². The molecule has 1 fully saturated rings. The fraction of sp³-hybridized carbons (Fsp3) is 0.318. The minimum Gasteiger partial charge on any atom is -1.00 e. The molecule has 0 spiro atoms. The average molecular weight is 568 g/mol. The summed E-state index contributed by atoms with van der Waals surface area (Å²) >= 11 is 0. The molecule has 36 heavy (non-hydrogen) atoms. The second-order valence-electron chi connectivity index (χ2n) is 8.64. The summed E-state index contributed by atoms with van der Waals surface area (Å²) in [5, 5.41) is 6.50. The van der Waals surface area contributed by atoms with Gasteiger partial charge in [-0.1, -0.05) is 0 Å². The van der Waals surface area contributed by atoms with E-state index in [1.54, 1.807) is 18.3 Å². The van der Waals surface area contributed by atoms with Crippen LogP contribution in [0.3, 0.4) is 0 Å². The van der Waals surface area contributed by atoms with Gasteiger partial charge in [0.25, 0.3) is 7.82 Å². The van der Waals surface area contributed by atoms with E-state index < -0.39 is 20.5 Å². The number of quaternary nitrogens is 1. The van der Waals surface area contributed by atoms with E-state index in [2.05, 4.69) is 16.1 Å². The van der Waals surface area contributed by atoms with E-state index in [9.17, 15) is 14.4 Å². The SMILES string of the molecule is CC1=C2NOC(Nc3cc(C)c(C)c(C)c3)(N=C1)[N+]2(COP(=O)([O-])O)c1ccc2c(c1)NCO2.[H-].[H-].[K+].[K+]. The Bertz CT molecular complexity index is 1290. The Hall–Kier alpha value is 0.353. The minimum absolute atomic E-state index is 0. The number of aryl methyl sites for hydroxylation is 2. The topological polar surface area (TPSA) is 136 Å². The van der Waals surface area contributed by atoms with Crippen LogP contribution in [0, 0.1) is 20.8 Å². The first-order valence-corrected chi connectivity index (χ1v) is 12.2. The second-order valence-corrected chi connectivity index (χ2v) is 9.84. The summed E-state index contributed by atoms with van der Waals surface area (Å²) in [6.07, 6.45) is 1.65. The van der Waals surface area contributed by atoms with Gasteiger partial charge in [-0.2, -0.15) is 14.3 Å². The minimum atomic E-state index is -5.08. The number of ether oxygens (including phenoxy) is 1. The number of allylic oxidation sites excluding steroid dienone is 1. The molecule has 0 aliphatic carbocycles. The van der Waals surface area contributed by atoms with E-state index in [0.29, 0.717) is 29.6 Å². The van der Waals surface area contributed by atoms with E-state index in [-0.39, 0.29) is 110 Å². The largest absolute Gasteiger partial charge is 1.00 e. The third kappa shape index (κ3) is 5.37. The van der Waals surface area contributed by atoms with Gasteiger partial charge in [-0.3, -0.25) is 14.4 Å². The van der Waals surface area contributed by atoms with Crippen LogP contribution in [0.1, 0.15) is 26.5 Å². The Morgan fingerprint density at radius 1 is 1.25 bits per heavy atom.